The minimum atomic E-state index is 0. The second-order valence-corrected chi connectivity index (χ2v) is 8.96. The van der Waals surface area contributed by atoms with Gasteiger partial charge in [0.15, 0.2) is 5.96 Å². The number of hydrogen-bond donors (Lipinski definition) is 2. The third-order valence-corrected chi connectivity index (χ3v) is 7.41. The molecule has 6 nitrogen and oxygen atoms in total. The van der Waals surface area contributed by atoms with E-state index in [0.717, 1.165) is 43.3 Å². The van der Waals surface area contributed by atoms with Gasteiger partial charge < -0.3 is 20.3 Å². The molecular weight excluding hydrogens is 491 g/mol. The largest absolute Gasteiger partial charge is 0.377 e. The smallest absolute Gasteiger partial charge is 0.227 e. The Morgan fingerprint density at radius 1 is 1.27 bits per heavy atom. The Morgan fingerprint density at radius 2 is 2.07 bits per heavy atom. The topological polar surface area (TPSA) is 66.0 Å². The highest BCUT2D eigenvalue weighted by atomic mass is 127. The minimum absolute atomic E-state index is 0. The SMILES string of the molecule is CCNC(=NCc1ccc(N2CCCC2=O)cc1)NC1C2CCOC2C12CCC2.I. The van der Waals surface area contributed by atoms with Crippen LogP contribution in [0.4, 0.5) is 5.69 Å². The first-order chi connectivity index (χ1) is 14.2. The molecule has 0 radical (unpaired) electrons. The molecule has 164 valence electrons. The lowest BCUT2D eigenvalue weighted by atomic mass is 9.46. The van der Waals surface area contributed by atoms with Gasteiger partial charge in [-0.2, -0.15) is 0 Å². The van der Waals surface area contributed by atoms with E-state index in [4.69, 9.17) is 9.73 Å². The minimum Gasteiger partial charge on any atom is -0.377 e. The number of benzene rings is 1. The fourth-order valence-electron chi connectivity index (χ4n) is 5.80. The van der Waals surface area contributed by atoms with Gasteiger partial charge in [-0.1, -0.05) is 18.6 Å². The number of carbonyl (C=O) groups excluding carboxylic acids is 1. The van der Waals surface area contributed by atoms with Gasteiger partial charge in [0.05, 0.1) is 12.6 Å². The van der Waals surface area contributed by atoms with Crippen LogP contribution in [0, 0.1) is 11.3 Å². The fourth-order valence-corrected chi connectivity index (χ4v) is 5.80. The predicted octanol–water partition coefficient (Wildman–Crippen LogP) is 3.44. The molecule has 4 fully saturated rings. The molecule has 2 saturated carbocycles. The van der Waals surface area contributed by atoms with Crippen molar-refractivity contribution in [2.24, 2.45) is 16.3 Å². The maximum absolute atomic E-state index is 11.9. The van der Waals surface area contributed by atoms with Crippen LogP contribution in [-0.2, 0) is 16.1 Å². The van der Waals surface area contributed by atoms with Crippen molar-refractivity contribution < 1.29 is 9.53 Å². The van der Waals surface area contributed by atoms with Crippen molar-refractivity contribution in [2.75, 3.05) is 24.6 Å². The van der Waals surface area contributed by atoms with E-state index in [1.165, 1.54) is 25.7 Å². The number of halogens is 1. The normalized spacial score (nSPS) is 29.1. The second-order valence-electron chi connectivity index (χ2n) is 8.96. The van der Waals surface area contributed by atoms with Crippen LogP contribution in [0.2, 0.25) is 0 Å². The summed E-state index contributed by atoms with van der Waals surface area (Å²) in [6.45, 7) is 5.34. The number of guanidine groups is 1. The Balaban J connectivity index is 0.00000218. The number of carbonyl (C=O) groups is 1. The van der Waals surface area contributed by atoms with Gasteiger partial charge >= 0.3 is 0 Å². The zero-order valence-electron chi connectivity index (χ0n) is 17.7. The molecule has 30 heavy (non-hydrogen) atoms. The van der Waals surface area contributed by atoms with E-state index in [1.807, 2.05) is 17.0 Å². The molecule has 3 unspecified atom stereocenters. The van der Waals surface area contributed by atoms with Crippen molar-refractivity contribution in [3.05, 3.63) is 29.8 Å². The van der Waals surface area contributed by atoms with Crippen LogP contribution in [-0.4, -0.2) is 43.7 Å². The molecule has 2 aliphatic carbocycles. The summed E-state index contributed by atoms with van der Waals surface area (Å²) in [6, 6.07) is 8.76. The molecule has 0 bridgehead atoms. The lowest BCUT2D eigenvalue weighted by Crippen LogP contribution is -2.72. The van der Waals surface area contributed by atoms with Crippen molar-refractivity contribution in [3.63, 3.8) is 0 Å². The number of nitrogens with one attached hydrogen (secondary N) is 2. The molecule has 7 heteroatoms. The Hall–Kier alpha value is -1.35. The average Bonchev–Trinajstić information content (AvgIpc) is 3.30. The van der Waals surface area contributed by atoms with E-state index in [1.54, 1.807) is 0 Å². The molecule has 1 aromatic rings. The highest BCUT2D eigenvalue weighted by Crippen LogP contribution is 2.62. The van der Waals surface area contributed by atoms with E-state index < -0.39 is 0 Å². The molecule has 1 aromatic carbocycles. The van der Waals surface area contributed by atoms with Crippen LogP contribution in [0.25, 0.3) is 0 Å². The first kappa shape index (κ1) is 21.9. The van der Waals surface area contributed by atoms with Crippen LogP contribution in [0.1, 0.15) is 51.0 Å². The van der Waals surface area contributed by atoms with E-state index in [2.05, 4.69) is 29.7 Å². The number of aliphatic imine (C=N–C) groups is 1. The Labute approximate surface area is 196 Å². The van der Waals surface area contributed by atoms with Crippen molar-refractivity contribution in [1.82, 2.24) is 10.6 Å². The molecule has 5 rings (SSSR count). The monoisotopic (exact) mass is 524 g/mol. The highest BCUT2D eigenvalue weighted by Gasteiger charge is 2.66. The molecule has 1 amide bonds. The summed E-state index contributed by atoms with van der Waals surface area (Å²) < 4.78 is 6.04. The van der Waals surface area contributed by atoms with Gasteiger partial charge in [-0.05, 0) is 50.3 Å². The molecule has 4 aliphatic rings. The first-order valence-corrected chi connectivity index (χ1v) is 11.3. The number of fused-ring (bicyclic) bond motifs is 2. The summed E-state index contributed by atoms with van der Waals surface area (Å²) in [5.41, 5.74) is 2.51. The van der Waals surface area contributed by atoms with Gasteiger partial charge in [-0.25, -0.2) is 4.99 Å². The summed E-state index contributed by atoms with van der Waals surface area (Å²) in [7, 11) is 0. The number of hydrogen-bond acceptors (Lipinski definition) is 3. The van der Waals surface area contributed by atoms with Crippen molar-refractivity contribution in [2.45, 2.75) is 64.1 Å². The zero-order valence-corrected chi connectivity index (χ0v) is 20.1. The van der Waals surface area contributed by atoms with E-state index >= 15 is 0 Å². The van der Waals surface area contributed by atoms with Crippen molar-refractivity contribution >= 4 is 41.5 Å². The molecule has 2 saturated heterocycles. The van der Waals surface area contributed by atoms with Gasteiger partial charge in [-0.3, -0.25) is 4.79 Å². The molecule has 2 aliphatic heterocycles. The van der Waals surface area contributed by atoms with E-state index in [-0.39, 0.29) is 29.9 Å². The molecule has 3 atom stereocenters. The van der Waals surface area contributed by atoms with Crippen LogP contribution in [0.3, 0.4) is 0 Å². The Bertz CT molecular complexity index is 793. The maximum atomic E-state index is 11.9. The molecular formula is C23H33IN4O2. The lowest BCUT2D eigenvalue weighted by Gasteiger charge is -2.63. The average molecular weight is 524 g/mol. The van der Waals surface area contributed by atoms with Gasteiger partial charge in [-0.15, -0.1) is 24.0 Å². The molecule has 0 aromatic heterocycles. The maximum Gasteiger partial charge on any atom is 0.227 e. The molecule has 1 spiro atoms. The van der Waals surface area contributed by atoms with Crippen molar-refractivity contribution in [1.29, 1.82) is 0 Å². The summed E-state index contributed by atoms with van der Waals surface area (Å²) in [6.07, 6.45) is 7.14. The number of anilines is 1. The van der Waals surface area contributed by atoms with Gasteiger partial charge in [0.2, 0.25) is 5.91 Å². The van der Waals surface area contributed by atoms with Crippen molar-refractivity contribution in [3.8, 4) is 0 Å². The predicted molar refractivity (Wildman–Crippen MR) is 129 cm³/mol. The first-order valence-electron chi connectivity index (χ1n) is 11.3. The van der Waals surface area contributed by atoms with Crippen LogP contribution >= 0.6 is 24.0 Å². The Kier molecular flexibility index (Phi) is 6.58. The zero-order chi connectivity index (χ0) is 19.8. The van der Waals surface area contributed by atoms with Crippen LogP contribution < -0.4 is 15.5 Å². The lowest BCUT2D eigenvalue weighted by molar-refractivity contribution is -0.171. The quantitative estimate of drug-likeness (QED) is 0.352. The van der Waals surface area contributed by atoms with Crippen LogP contribution in [0.5, 0.6) is 0 Å². The van der Waals surface area contributed by atoms with E-state index in [9.17, 15) is 4.79 Å². The third kappa shape index (κ3) is 3.72. The standard InChI is InChI=1S/C23H32N4O2.HI/c1-2-24-22(26-20-18-10-14-29-21(18)23(20)11-4-12-23)25-15-16-6-8-17(9-7-16)27-13-3-5-19(27)28;/h6-9,18,20-21H,2-5,10-15H2,1H3,(H2,24,25,26);1H. The van der Waals surface area contributed by atoms with Gasteiger partial charge in [0, 0.05) is 49.2 Å². The van der Waals surface area contributed by atoms with Gasteiger partial charge in [0.1, 0.15) is 0 Å². The van der Waals surface area contributed by atoms with Crippen LogP contribution in [0.15, 0.2) is 29.3 Å². The Morgan fingerprint density at radius 3 is 2.70 bits per heavy atom. The second kappa shape index (κ2) is 9.02. The van der Waals surface area contributed by atoms with E-state index in [0.29, 0.717) is 36.4 Å². The molecule has 2 N–H and O–H groups in total. The number of nitrogens with zero attached hydrogens (tertiary/aromatic N) is 2. The highest BCUT2D eigenvalue weighted by molar-refractivity contribution is 14.0. The molecule has 2 heterocycles. The van der Waals surface area contributed by atoms with Gasteiger partial charge in [0.25, 0.3) is 0 Å². The third-order valence-electron chi connectivity index (χ3n) is 7.41. The number of ether oxygens (including phenoxy) is 1. The summed E-state index contributed by atoms with van der Waals surface area (Å²) >= 11 is 0. The summed E-state index contributed by atoms with van der Waals surface area (Å²) in [5, 5.41) is 7.18. The summed E-state index contributed by atoms with van der Waals surface area (Å²) in [5.74, 6) is 1.78. The number of rotatable bonds is 5. The summed E-state index contributed by atoms with van der Waals surface area (Å²) in [4.78, 5) is 18.7. The fraction of sp³-hybridized carbons (Fsp3) is 0.652. The number of amides is 1.